The molecule has 0 aromatic heterocycles. The number of carbonyl (C=O) groups excluding carboxylic acids is 2. The molecule has 0 aliphatic carbocycles. The quantitative estimate of drug-likeness (QED) is 0.799. The molecule has 144 valence electrons. The number of carbonyl (C=O) groups is 2. The van der Waals surface area contributed by atoms with Crippen LogP contribution in [-0.2, 0) is 9.59 Å². The van der Waals surface area contributed by atoms with Crippen LogP contribution < -0.4 is 14.8 Å². The first-order chi connectivity index (χ1) is 12.2. The van der Waals surface area contributed by atoms with Gasteiger partial charge in [0.05, 0.1) is 26.2 Å². The molecule has 1 fully saturated rings. The van der Waals surface area contributed by atoms with Gasteiger partial charge in [0, 0.05) is 25.0 Å². The van der Waals surface area contributed by atoms with E-state index in [0.29, 0.717) is 23.6 Å². The zero-order valence-electron chi connectivity index (χ0n) is 16.0. The summed E-state index contributed by atoms with van der Waals surface area (Å²) in [5.74, 6) is 0.457. The van der Waals surface area contributed by atoms with Crippen molar-refractivity contribution in [3.05, 3.63) is 23.8 Å². The van der Waals surface area contributed by atoms with E-state index in [1.54, 1.807) is 23.1 Å². The van der Waals surface area contributed by atoms with Gasteiger partial charge in [-0.15, -0.1) is 0 Å². The highest BCUT2D eigenvalue weighted by atomic mass is 16.5. The molecule has 0 bridgehead atoms. The first-order valence-corrected chi connectivity index (χ1v) is 8.65. The van der Waals surface area contributed by atoms with Gasteiger partial charge >= 0.3 is 0 Å². The Hall–Kier alpha value is -2.28. The fourth-order valence-corrected chi connectivity index (χ4v) is 3.05. The molecular formula is C19H28N2O5. The highest BCUT2D eigenvalue weighted by Gasteiger charge is 2.39. The van der Waals surface area contributed by atoms with Crippen LogP contribution in [0.25, 0.3) is 0 Å². The second-order valence-corrected chi connectivity index (χ2v) is 7.45. The molecule has 7 nitrogen and oxygen atoms in total. The summed E-state index contributed by atoms with van der Waals surface area (Å²) in [6.07, 6.45) is -0.676. The van der Waals surface area contributed by atoms with Gasteiger partial charge < -0.3 is 24.8 Å². The van der Waals surface area contributed by atoms with E-state index < -0.39 is 6.10 Å². The van der Waals surface area contributed by atoms with Crippen LogP contribution >= 0.6 is 0 Å². The number of methoxy groups -OCH3 is 2. The third kappa shape index (κ3) is 4.46. The molecule has 2 N–H and O–H groups in total. The summed E-state index contributed by atoms with van der Waals surface area (Å²) in [5.41, 5.74) is 0.312. The average molecular weight is 364 g/mol. The summed E-state index contributed by atoms with van der Waals surface area (Å²) in [7, 11) is 3.06. The second-order valence-electron chi connectivity index (χ2n) is 7.45. The summed E-state index contributed by atoms with van der Waals surface area (Å²) in [5, 5.41) is 13.1. The molecule has 26 heavy (non-hydrogen) atoms. The zero-order chi connectivity index (χ0) is 19.5. The van der Waals surface area contributed by atoms with E-state index in [9.17, 15) is 14.7 Å². The van der Waals surface area contributed by atoms with Crippen LogP contribution in [0.3, 0.4) is 0 Å². The van der Waals surface area contributed by atoms with Crippen LogP contribution in [0.1, 0.15) is 38.9 Å². The number of nitrogens with one attached hydrogen (secondary N) is 1. The fraction of sp³-hybridized carbons (Fsp3) is 0.579. The minimum absolute atomic E-state index is 0.0157. The Morgan fingerprint density at radius 2 is 1.96 bits per heavy atom. The standard InChI is InChI=1S/C19H28N2O5/c1-19(2,3)21-11-13(9-17(21)23)18(24)20-10-14(22)12-6-7-15(25-4)16(8-12)26-5/h6-8,13-14,22H,9-11H2,1-5H3,(H,20,24). The van der Waals surface area contributed by atoms with Gasteiger partial charge in [-0.25, -0.2) is 0 Å². The van der Waals surface area contributed by atoms with Gasteiger partial charge in [-0.1, -0.05) is 6.07 Å². The monoisotopic (exact) mass is 364 g/mol. The maximum Gasteiger partial charge on any atom is 0.225 e. The summed E-state index contributed by atoms with van der Waals surface area (Å²) >= 11 is 0. The van der Waals surface area contributed by atoms with E-state index in [-0.39, 0.29) is 36.2 Å². The summed E-state index contributed by atoms with van der Waals surface area (Å²) in [6, 6.07) is 5.10. The molecule has 2 atom stereocenters. The lowest BCUT2D eigenvalue weighted by Gasteiger charge is -2.32. The van der Waals surface area contributed by atoms with Gasteiger partial charge in [-0.2, -0.15) is 0 Å². The molecule has 7 heteroatoms. The molecular weight excluding hydrogens is 336 g/mol. The largest absolute Gasteiger partial charge is 0.493 e. The molecule has 2 amide bonds. The zero-order valence-corrected chi connectivity index (χ0v) is 16.0. The van der Waals surface area contributed by atoms with Gasteiger partial charge in [0.1, 0.15) is 0 Å². The van der Waals surface area contributed by atoms with Crippen molar-refractivity contribution in [1.29, 1.82) is 0 Å². The van der Waals surface area contributed by atoms with Crippen molar-refractivity contribution in [3.63, 3.8) is 0 Å². The molecule has 0 radical (unpaired) electrons. The molecule has 2 unspecified atom stereocenters. The third-order valence-electron chi connectivity index (χ3n) is 4.57. The minimum Gasteiger partial charge on any atom is -0.493 e. The van der Waals surface area contributed by atoms with Crippen LogP contribution in [0.4, 0.5) is 0 Å². The Morgan fingerprint density at radius 1 is 1.31 bits per heavy atom. The first-order valence-electron chi connectivity index (χ1n) is 8.65. The molecule has 1 aromatic rings. The number of amides is 2. The number of nitrogens with zero attached hydrogens (tertiary/aromatic N) is 1. The van der Waals surface area contributed by atoms with Crippen LogP contribution in [0, 0.1) is 5.92 Å². The lowest BCUT2D eigenvalue weighted by Crippen LogP contribution is -2.43. The summed E-state index contributed by atoms with van der Waals surface area (Å²) < 4.78 is 10.4. The average Bonchev–Trinajstić information content (AvgIpc) is 3.00. The Morgan fingerprint density at radius 3 is 2.50 bits per heavy atom. The topological polar surface area (TPSA) is 88.1 Å². The molecule has 0 saturated carbocycles. The molecule has 1 aliphatic rings. The summed E-state index contributed by atoms with van der Waals surface area (Å²) in [6.45, 7) is 6.32. The van der Waals surface area contributed by atoms with Crippen molar-refractivity contribution in [2.45, 2.75) is 38.8 Å². The van der Waals surface area contributed by atoms with Gasteiger partial charge in [0.15, 0.2) is 11.5 Å². The summed E-state index contributed by atoms with van der Waals surface area (Å²) in [4.78, 5) is 26.2. The van der Waals surface area contributed by atoms with Crippen molar-refractivity contribution in [1.82, 2.24) is 10.2 Å². The number of hydrogen-bond donors (Lipinski definition) is 2. The van der Waals surface area contributed by atoms with Crippen LogP contribution in [0.5, 0.6) is 11.5 Å². The predicted molar refractivity (Wildman–Crippen MR) is 97.1 cm³/mol. The Bertz CT molecular complexity index is 668. The van der Waals surface area contributed by atoms with E-state index in [2.05, 4.69) is 5.32 Å². The van der Waals surface area contributed by atoms with Crippen LogP contribution in [-0.4, -0.2) is 54.7 Å². The van der Waals surface area contributed by atoms with E-state index in [4.69, 9.17) is 9.47 Å². The Labute approximate surface area is 154 Å². The highest BCUT2D eigenvalue weighted by molar-refractivity contribution is 5.89. The molecule has 0 spiro atoms. The predicted octanol–water partition coefficient (Wildman–Crippen LogP) is 1.50. The molecule has 1 saturated heterocycles. The second kappa shape index (κ2) is 7.95. The lowest BCUT2D eigenvalue weighted by atomic mass is 10.1. The van der Waals surface area contributed by atoms with Crippen molar-refractivity contribution >= 4 is 11.8 Å². The van der Waals surface area contributed by atoms with Gasteiger partial charge in [-0.05, 0) is 38.5 Å². The number of ether oxygens (including phenoxy) is 2. The highest BCUT2D eigenvalue weighted by Crippen LogP contribution is 2.30. The molecule has 1 aromatic carbocycles. The maximum atomic E-state index is 12.4. The van der Waals surface area contributed by atoms with Gasteiger partial charge in [0.2, 0.25) is 11.8 Å². The van der Waals surface area contributed by atoms with Crippen molar-refractivity contribution in [3.8, 4) is 11.5 Å². The smallest absolute Gasteiger partial charge is 0.225 e. The number of benzene rings is 1. The normalized spacial score (nSPS) is 18.6. The van der Waals surface area contributed by atoms with E-state index >= 15 is 0 Å². The van der Waals surface area contributed by atoms with Crippen molar-refractivity contribution in [2.75, 3.05) is 27.3 Å². The minimum atomic E-state index is -0.880. The third-order valence-corrected chi connectivity index (χ3v) is 4.57. The Balaban J connectivity index is 1.94. The van der Waals surface area contributed by atoms with E-state index in [0.717, 1.165) is 0 Å². The number of likely N-dealkylation sites (tertiary alicyclic amines) is 1. The molecule has 1 aliphatic heterocycles. The van der Waals surface area contributed by atoms with Crippen LogP contribution in [0.2, 0.25) is 0 Å². The van der Waals surface area contributed by atoms with Crippen molar-refractivity contribution in [2.24, 2.45) is 5.92 Å². The first kappa shape index (κ1) is 20.0. The number of aliphatic hydroxyl groups excluding tert-OH is 1. The van der Waals surface area contributed by atoms with Crippen molar-refractivity contribution < 1.29 is 24.2 Å². The van der Waals surface area contributed by atoms with E-state index in [1.165, 1.54) is 14.2 Å². The lowest BCUT2D eigenvalue weighted by molar-refractivity contribution is -0.132. The van der Waals surface area contributed by atoms with Crippen LogP contribution in [0.15, 0.2) is 18.2 Å². The maximum absolute atomic E-state index is 12.4. The number of hydrogen-bond acceptors (Lipinski definition) is 5. The molecule has 1 heterocycles. The molecule has 2 rings (SSSR count). The fourth-order valence-electron chi connectivity index (χ4n) is 3.05. The van der Waals surface area contributed by atoms with Gasteiger partial charge in [-0.3, -0.25) is 9.59 Å². The number of rotatable bonds is 6. The number of aliphatic hydroxyl groups is 1. The van der Waals surface area contributed by atoms with Gasteiger partial charge in [0.25, 0.3) is 0 Å². The van der Waals surface area contributed by atoms with E-state index in [1.807, 2.05) is 20.8 Å². The Kier molecular flexibility index (Phi) is 6.13. The SMILES string of the molecule is COc1ccc(C(O)CNC(=O)C2CC(=O)N(C(C)(C)C)C2)cc1OC.